The topological polar surface area (TPSA) is 63.0 Å². The van der Waals surface area contributed by atoms with E-state index in [1.807, 2.05) is 31.3 Å². The molecule has 0 radical (unpaired) electrons. The fourth-order valence-electron chi connectivity index (χ4n) is 4.32. The Morgan fingerprint density at radius 2 is 2.03 bits per heavy atom. The predicted molar refractivity (Wildman–Crippen MR) is 115 cm³/mol. The number of rotatable bonds is 6. The molecule has 7 nitrogen and oxygen atoms in total. The number of benzene rings is 1. The number of carbonyl (C=O) groups is 1. The predicted octanol–water partition coefficient (Wildman–Crippen LogP) is 3.10. The van der Waals surface area contributed by atoms with Gasteiger partial charge in [0.05, 0.1) is 13.2 Å². The van der Waals surface area contributed by atoms with Gasteiger partial charge in [0.25, 0.3) is 0 Å². The lowest BCUT2D eigenvalue weighted by molar-refractivity contribution is -0.136. The number of ether oxygens (including phenoxy) is 1. The molecule has 0 aliphatic carbocycles. The minimum atomic E-state index is -0.419. The van der Waals surface area contributed by atoms with E-state index in [1.165, 1.54) is 13.2 Å². The van der Waals surface area contributed by atoms with Gasteiger partial charge in [-0.05, 0) is 62.7 Å². The molecular formula is C23H28FN5O2. The summed E-state index contributed by atoms with van der Waals surface area (Å²) in [6.07, 6.45) is 3.86. The summed E-state index contributed by atoms with van der Waals surface area (Å²) in [6.45, 7) is 3.95. The third-order valence-corrected chi connectivity index (χ3v) is 6.15. The average molecular weight is 426 g/mol. The Kier molecular flexibility index (Phi) is 6.18. The summed E-state index contributed by atoms with van der Waals surface area (Å²) < 4.78 is 21.0. The number of piperidine rings is 1. The van der Waals surface area contributed by atoms with Crippen LogP contribution in [0.2, 0.25) is 0 Å². The van der Waals surface area contributed by atoms with Gasteiger partial charge in [-0.2, -0.15) is 0 Å². The van der Waals surface area contributed by atoms with Crippen LogP contribution in [0.1, 0.15) is 37.1 Å². The molecule has 4 rings (SSSR count). The Morgan fingerprint density at radius 3 is 2.74 bits per heavy atom. The Bertz CT molecular complexity index is 1060. The van der Waals surface area contributed by atoms with Gasteiger partial charge in [0, 0.05) is 25.7 Å². The van der Waals surface area contributed by atoms with Crippen molar-refractivity contribution in [2.45, 2.75) is 38.3 Å². The van der Waals surface area contributed by atoms with Crippen LogP contribution >= 0.6 is 0 Å². The number of amides is 1. The van der Waals surface area contributed by atoms with Gasteiger partial charge < -0.3 is 9.64 Å². The van der Waals surface area contributed by atoms with E-state index in [0.717, 1.165) is 43.0 Å². The summed E-state index contributed by atoms with van der Waals surface area (Å²) in [5.74, 6) is 1.14. The van der Waals surface area contributed by atoms with Gasteiger partial charge in [0.15, 0.2) is 17.2 Å². The largest absolute Gasteiger partial charge is 0.494 e. The summed E-state index contributed by atoms with van der Waals surface area (Å²) in [6, 6.07) is 10.5. The van der Waals surface area contributed by atoms with Gasteiger partial charge in [-0.25, -0.2) is 4.39 Å². The summed E-state index contributed by atoms with van der Waals surface area (Å²) in [7, 11) is 3.19. The van der Waals surface area contributed by atoms with E-state index >= 15 is 0 Å². The van der Waals surface area contributed by atoms with Crippen LogP contribution in [-0.4, -0.2) is 63.6 Å². The minimum absolute atomic E-state index is 0.0302. The third kappa shape index (κ3) is 4.39. The molecule has 1 unspecified atom stereocenters. The maximum Gasteiger partial charge on any atom is 0.239 e. The van der Waals surface area contributed by atoms with Crippen molar-refractivity contribution in [2.75, 3.05) is 27.2 Å². The fraction of sp³-hybridized carbons (Fsp3) is 0.435. The molecule has 1 amide bonds. The molecule has 0 saturated carbocycles. The molecule has 1 saturated heterocycles. The molecule has 3 aromatic rings. The molecule has 1 aliphatic rings. The molecule has 1 atom stereocenters. The number of nitrogens with zero attached hydrogens (tertiary/aromatic N) is 5. The van der Waals surface area contributed by atoms with Crippen LogP contribution in [-0.2, 0) is 11.3 Å². The molecule has 8 heteroatoms. The summed E-state index contributed by atoms with van der Waals surface area (Å²) >= 11 is 0. The van der Waals surface area contributed by atoms with Crippen molar-refractivity contribution < 1.29 is 13.9 Å². The maximum atomic E-state index is 14.0. The Morgan fingerprint density at radius 1 is 1.26 bits per heavy atom. The fourth-order valence-corrected chi connectivity index (χ4v) is 4.32. The number of likely N-dealkylation sites (N-methyl/N-ethyl adjacent to an activating group) is 1. The van der Waals surface area contributed by atoms with E-state index in [1.54, 1.807) is 24.1 Å². The van der Waals surface area contributed by atoms with Crippen molar-refractivity contribution in [1.29, 1.82) is 0 Å². The normalized spacial score (nSPS) is 16.4. The summed E-state index contributed by atoms with van der Waals surface area (Å²) in [4.78, 5) is 16.9. The molecule has 1 aliphatic heterocycles. The van der Waals surface area contributed by atoms with E-state index < -0.39 is 5.82 Å². The van der Waals surface area contributed by atoms with Crippen LogP contribution in [0.4, 0.5) is 4.39 Å². The molecule has 1 fully saturated rings. The number of hydrogen-bond donors (Lipinski definition) is 0. The number of likely N-dealkylation sites (tertiary alicyclic amines) is 1. The van der Waals surface area contributed by atoms with Crippen molar-refractivity contribution in [3.63, 3.8) is 0 Å². The molecule has 164 valence electrons. The Balaban J connectivity index is 1.35. The van der Waals surface area contributed by atoms with Crippen molar-refractivity contribution >= 4 is 11.6 Å². The highest BCUT2D eigenvalue weighted by atomic mass is 19.1. The van der Waals surface area contributed by atoms with Crippen molar-refractivity contribution in [2.24, 2.45) is 0 Å². The number of pyridine rings is 1. The van der Waals surface area contributed by atoms with Crippen LogP contribution in [0.3, 0.4) is 0 Å². The SMILES string of the molecule is COc1ccc(CN(C)C(=O)C(C)N2CCC(c3nnc4ccccn34)CC2)cc1F. The van der Waals surface area contributed by atoms with Gasteiger partial charge >= 0.3 is 0 Å². The lowest BCUT2D eigenvalue weighted by Gasteiger charge is -2.36. The van der Waals surface area contributed by atoms with E-state index in [-0.39, 0.29) is 17.7 Å². The number of hydrogen-bond acceptors (Lipinski definition) is 5. The van der Waals surface area contributed by atoms with Gasteiger partial charge in [-0.3, -0.25) is 14.1 Å². The first kappa shape index (κ1) is 21.2. The van der Waals surface area contributed by atoms with E-state index in [4.69, 9.17) is 4.74 Å². The lowest BCUT2D eigenvalue weighted by atomic mass is 9.95. The van der Waals surface area contributed by atoms with Gasteiger partial charge in [0.2, 0.25) is 5.91 Å². The van der Waals surface area contributed by atoms with Crippen LogP contribution in [0, 0.1) is 5.82 Å². The summed E-state index contributed by atoms with van der Waals surface area (Å²) in [5, 5.41) is 8.66. The first-order valence-electron chi connectivity index (χ1n) is 10.6. The van der Waals surface area contributed by atoms with Gasteiger partial charge in [-0.1, -0.05) is 12.1 Å². The lowest BCUT2D eigenvalue weighted by Crippen LogP contribution is -2.48. The molecule has 1 aromatic carbocycles. The monoisotopic (exact) mass is 425 g/mol. The molecule has 3 heterocycles. The zero-order valence-electron chi connectivity index (χ0n) is 18.2. The Labute approximate surface area is 181 Å². The first-order chi connectivity index (χ1) is 15.0. The minimum Gasteiger partial charge on any atom is -0.494 e. The highest BCUT2D eigenvalue weighted by Crippen LogP contribution is 2.28. The standard InChI is InChI=1S/C23H28FN5O2/c1-16(23(30)27(2)15-17-7-8-20(31-3)19(24)14-17)28-12-9-18(10-13-28)22-26-25-21-6-4-5-11-29(21)22/h4-8,11,14,16,18H,9-10,12-13,15H2,1-3H3. The first-order valence-corrected chi connectivity index (χ1v) is 10.6. The quantitative estimate of drug-likeness (QED) is 0.607. The van der Waals surface area contributed by atoms with Crippen LogP contribution in [0.15, 0.2) is 42.6 Å². The molecule has 0 spiro atoms. The molecule has 0 bridgehead atoms. The zero-order chi connectivity index (χ0) is 22.0. The highest BCUT2D eigenvalue weighted by molar-refractivity contribution is 5.81. The number of aromatic nitrogens is 3. The molecule has 31 heavy (non-hydrogen) atoms. The van der Waals surface area contributed by atoms with Crippen molar-refractivity contribution in [3.8, 4) is 5.75 Å². The maximum absolute atomic E-state index is 14.0. The van der Waals surface area contributed by atoms with Crippen LogP contribution < -0.4 is 4.74 Å². The van der Waals surface area contributed by atoms with E-state index in [0.29, 0.717) is 12.5 Å². The van der Waals surface area contributed by atoms with Gasteiger partial charge in [0.1, 0.15) is 5.82 Å². The highest BCUT2D eigenvalue weighted by Gasteiger charge is 2.30. The second-order valence-corrected chi connectivity index (χ2v) is 8.14. The van der Waals surface area contributed by atoms with Crippen molar-refractivity contribution in [3.05, 3.63) is 59.8 Å². The second kappa shape index (κ2) is 9.01. The number of methoxy groups -OCH3 is 1. The zero-order valence-corrected chi connectivity index (χ0v) is 18.2. The third-order valence-electron chi connectivity index (χ3n) is 6.15. The van der Waals surface area contributed by atoms with Crippen LogP contribution in [0.25, 0.3) is 5.65 Å². The molecular weight excluding hydrogens is 397 g/mol. The Hall–Kier alpha value is -3.00. The van der Waals surface area contributed by atoms with Gasteiger partial charge in [-0.15, -0.1) is 10.2 Å². The number of carbonyl (C=O) groups excluding carboxylic acids is 1. The molecule has 0 N–H and O–H groups in total. The molecule has 2 aromatic heterocycles. The average Bonchev–Trinajstić information content (AvgIpc) is 3.22. The van der Waals surface area contributed by atoms with E-state index in [2.05, 4.69) is 19.5 Å². The van der Waals surface area contributed by atoms with Crippen LogP contribution in [0.5, 0.6) is 5.75 Å². The number of halogens is 1. The van der Waals surface area contributed by atoms with Crippen molar-refractivity contribution in [1.82, 2.24) is 24.4 Å². The summed E-state index contributed by atoms with van der Waals surface area (Å²) in [5.41, 5.74) is 1.60. The smallest absolute Gasteiger partial charge is 0.239 e. The van der Waals surface area contributed by atoms with E-state index in [9.17, 15) is 9.18 Å². The second-order valence-electron chi connectivity index (χ2n) is 8.14. The number of fused-ring (bicyclic) bond motifs is 1.